The van der Waals surface area contributed by atoms with Crippen molar-refractivity contribution in [3.8, 4) is 11.5 Å². The summed E-state index contributed by atoms with van der Waals surface area (Å²) < 4.78 is 11.1. The van der Waals surface area contributed by atoms with Crippen molar-refractivity contribution in [3.63, 3.8) is 0 Å². The first-order valence-corrected chi connectivity index (χ1v) is 7.71. The molecule has 122 valence electrons. The van der Waals surface area contributed by atoms with E-state index in [0.717, 1.165) is 11.3 Å². The molecule has 0 aliphatic heterocycles. The van der Waals surface area contributed by atoms with E-state index in [4.69, 9.17) is 9.47 Å². The molecule has 2 aromatic rings. The Kier molecular flexibility index (Phi) is 6.03. The minimum atomic E-state index is -0.161. The summed E-state index contributed by atoms with van der Waals surface area (Å²) in [4.78, 5) is 11.9. The van der Waals surface area contributed by atoms with Gasteiger partial charge in [-0.1, -0.05) is 29.8 Å². The lowest BCUT2D eigenvalue weighted by Crippen LogP contribution is -2.39. The van der Waals surface area contributed by atoms with Crippen LogP contribution < -0.4 is 14.8 Å². The van der Waals surface area contributed by atoms with E-state index in [2.05, 4.69) is 5.32 Å². The normalized spacial score (nSPS) is 11.6. The fourth-order valence-corrected chi connectivity index (χ4v) is 2.07. The SMILES string of the molecule is Cc1ccc(OC[C@H](C)NC(=O)COc2cccc(C)c2)cc1. The molecule has 0 aromatic heterocycles. The maximum Gasteiger partial charge on any atom is 0.258 e. The summed E-state index contributed by atoms with van der Waals surface area (Å²) in [6.07, 6.45) is 0. The van der Waals surface area contributed by atoms with E-state index >= 15 is 0 Å². The monoisotopic (exact) mass is 313 g/mol. The fraction of sp³-hybridized carbons (Fsp3) is 0.316. The Hall–Kier alpha value is -2.49. The Morgan fingerprint density at radius 1 is 1.00 bits per heavy atom. The molecule has 1 atom stereocenters. The highest BCUT2D eigenvalue weighted by Crippen LogP contribution is 2.12. The van der Waals surface area contributed by atoms with Crippen LogP contribution in [0.5, 0.6) is 11.5 Å². The quantitative estimate of drug-likeness (QED) is 0.853. The number of nitrogens with one attached hydrogen (secondary N) is 1. The molecule has 1 amide bonds. The first-order valence-electron chi connectivity index (χ1n) is 7.71. The van der Waals surface area contributed by atoms with E-state index in [1.807, 2.05) is 69.3 Å². The third-order valence-electron chi connectivity index (χ3n) is 3.29. The van der Waals surface area contributed by atoms with Crippen molar-refractivity contribution in [2.45, 2.75) is 26.8 Å². The summed E-state index contributed by atoms with van der Waals surface area (Å²) in [6.45, 7) is 6.33. The molecular formula is C19H23NO3. The van der Waals surface area contributed by atoms with Crippen molar-refractivity contribution in [2.24, 2.45) is 0 Å². The number of ether oxygens (including phenoxy) is 2. The number of hydrogen-bond donors (Lipinski definition) is 1. The number of amides is 1. The number of aryl methyl sites for hydroxylation is 2. The van der Waals surface area contributed by atoms with E-state index in [9.17, 15) is 4.79 Å². The Balaban J connectivity index is 1.70. The molecule has 0 saturated carbocycles. The van der Waals surface area contributed by atoms with Gasteiger partial charge in [-0.3, -0.25) is 4.79 Å². The Morgan fingerprint density at radius 2 is 1.74 bits per heavy atom. The standard InChI is InChI=1S/C19H23NO3/c1-14-7-9-17(10-8-14)22-12-16(3)20-19(21)13-23-18-6-4-5-15(2)11-18/h4-11,16H,12-13H2,1-3H3,(H,20,21)/t16-/m0/s1. The fourth-order valence-electron chi connectivity index (χ4n) is 2.07. The summed E-state index contributed by atoms with van der Waals surface area (Å²) in [6, 6.07) is 15.4. The second-order valence-corrected chi connectivity index (χ2v) is 5.70. The van der Waals surface area contributed by atoms with Crippen LogP contribution in [-0.2, 0) is 4.79 Å². The molecule has 0 spiro atoms. The van der Waals surface area contributed by atoms with Crippen LogP contribution in [0.4, 0.5) is 0 Å². The molecule has 0 fully saturated rings. The van der Waals surface area contributed by atoms with Crippen LogP contribution in [0.3, 0.4) is 0 Å². The highest BCUT2D eigenvalue weighted by molar-refractivity contribution is 5.77. The zero-order valence-corrected chi connectivity index (χ0v) is 13.8. The van der Waals surface area contributed by atoms with Gasteiger partial charge in [0.25, 0.3) is 5.91 Å². The number of carbonyl (C=O) groups is 1. The Morgan fingerprint density at radius 3 is 2.43 bits per heavy atom. The molecule has 0 bridgehead atoms. The van der Waals surface area contributed by atoms with Crippen LogP contribution >= 0.6 is 0 Å². The van der Waals surface area contributed by atoms with E-state index in [1.165, 1.54) is 5.56 Å². The number of benzene rings is 2. The predicted molar refractivity (Wildman–Crippen MR) is 91.0 cm³/mol. The van der Waals surface area contributed by atoms with Crippen molar-refractivity contribution in [3.05, 3.63) is 59.7 Å². The first kappa shape index (κ1) is 16.9. The van der Waals surface area contributed by atoms with Crippen molar-refractivity contribution in [1.29, 1.82) is 0 Å². The molecule has 1 N–H and O–H groups in total. The van der Waals surface area contributed by atoms with Crippen LogP contribution in [0.2, 0.25) is 0 Å². The summed E-state index contributed by atoms with van der Waals surface area (Å²) in [5, 5.41) is 2.86. The van der Waals surface area contributed by atoms with Crippen LogP contribution in [0.15, 0.2) is 48.5 Å². The summed E-state index contributed by atoms with van der Waals surface area (Å²) in [7, 11) is 0. The minimum absolute atomic E-state index is 0.00166. The summed E-state index contributed by atoms with van der Waals surface area (Å²) >= 11 is 0. The molecule has 2 aromatic carbocycles. The summed E-state index contributed by atoms with van der Waals surface area (Å²) in [5.74, 6) is 1.34. The molecule has 0 heterocycles. The minimum Gasteiger partial charge on any atom is -0.491 e. The van der Waals surface area contributed by atoms with Gasteiger partial charge in [-0.2, -0.15) is 0 Å². The van der Waals surface area contributed by atoms with E-state index in [-0.39, 0.29) is 18.6 Å². The van der Waals surface area contributed by atoms with Crippen molar-refractivity contribution in [2.75, 3.05) is 13.2 Å². The largest absolute Gasteiger partial charge is 0.491 e. The third kappa shape index (κ3) is 6.02. The van der Waals surface area contributed by atoms with Crippen molar-refractivity contribution >= 4 is 5.91 Å². The van der Waals surface area contributed by atoms with Gasteiger partial charge in [0, 0.05) is 0 Å². The maximum atomic E-state index is 11.9. The van der Waals surface area contributed by atoms with Crippen LogP contribution in [0.1, 0.15) is 18.1 Å². The van der Waals surface area contributed by atoms with Crippen molar-refractivity contribution < 1.29 is 14.3 Å². The number of carbonyl (C=O) groups excluding carboxylic acids is 1. The van der Waals surface area contributed by atoms with E-state index in [0.29, 0.717) is 12.4 Å². The maximum absolute atomic E-state index is 11.9. The van der Waals surface area contributed by atoms with Gasteiger partial charge in [0.1, 0.15) is 18.1 Å². The van der Waals surface area contributed by atoms with Gasteiger partial charge in [-0.15, -0.1) is 0 Å². The predicted octanol–water partition coefficient (Wildman–Crippen LogP) is 3.27. The van der Waals surface area contributed by atoms with Crippen LogP contribution in [0, 0.1) is 13.8 Å². The zero-order valence-electron chi connectivity index (χ0n) is 13.8. The average molecular weight is 313 g/mol. The van der Waals surface area contributed by atoms with Gasteiger partial charge in [0.15, 0.2) is 6.61 Å². The molecule has 4 nitrogen and oxygen atoms in total. The molecule has 0 unspecified atom stereocenters. The number of hydrogen-bond acceptors (Lipinski definition) is 3. The molecule has 2 rings (SSSR count). The second kappa shape index (κ2) is 8.22. The number of rotatable bonds is 7. The second-order valence-electron chi connectivity index (χ2n) is 5.70. The highest BCUT2D eigenvalue weighted by atomic mass is 16.5. The van der Waals surface area contributed by atoms with Crippen LogP contribution in [0.25, 0.3) is 0 Å². The first-order chi connectivity index (χ1) is 11.0. The molecule has 0 radical (unpaired) electrons. The molecular weight excluding hydrogens is 290 g/mol. The van der Waals surface area contributed by atoms with Gasteiger partial charge in [0.2, 0.25) is 0 Å². The van der Waals surface area contributed by atoms with Gasteiger partial charge >= 0.3 is 0 Å². The van der Waals surface area contributed by atoms with Gasteiger partial charge in [0.05, 0.1) is 6.04 Å². The van der Waals surface area contributed by atoms with Gasteiger partial charge in [-0.05, 0) is 50.6 Å². The Bertz CT molecular complexity index is 637. The smallest absolute Gasteiger partial charge is 0.258 e. The molecule has 0 saturated heterocycles. The molecule has 4 heteroatoms. The van der Waals surface area contributed by atoms with Gasteiger partial charge in [-0.25, -0.2) is 0 Å². The summed E-state index contributed by atoms with van der Waals surface area (Å²) in [5.41, 5.74) is 2.29. The molecule has 23 heavy (non-hydrogen) atoms. The zero-order chi connectivity index (χ0) is 16.7. The molecule has 0 aliphatic rings. The lowest BCUT2D eigenvalue weighted by atomic mass is 10.2. The van der Waals surface area contributed by atoms with Gasteiger partial charge < -0.3 is 14.8 Å². The highest BCUT2D eigenvalue weighted by Gasteiger charge is 2.09. The van der Waals surface area contributed by atoms with E-state index in [1.54, 1.807) is 0 Å². The van der Waals surface area contributed by atoms with Crippen molar-refractivity contribution in [1.82, 2.24) is 5.32 Å². The topological polar surface area (TPSA) is 47.6 Å². The third-order valence-corrected chi connectivity index (χ3v) is 3.29. The lowest BCUT2D eigenvalue weighted by Gasteiger charge is -2.15. The Labute approximate surface area is 137 Å². The van der Waals surface area contributed by atoms with E-state index < -0.39 is 0 Å². The van der Waals surface area contributed by atoms with Crippen LogP contribution in [-0.4, -0.2) is 25.2 Å². The molecule has 0 aliphatic carbocycles. The average Bonchev–Trinajstić information content (AvgIpc) is 2.52. The lowest BCUT2D eigenvalue weighted by molar-refractivity contribution is -0.123.